The van der Waals surface area contributed by atoms with Gasteiger partial charge in [-0.05, 0) is 30.7 Å². The second kappa shape index (κ2) is 7.00. The molecule has 2 amide bonds. The van der Waals surface area contributed by atoms with Crippen molar-refractivity contribution >= 4 is 23.2 Å². The number of hydrogen-bond acceptors (Lipinski definition) is 3. The lowest BCUT2D eigenvalue weighted by molar-refractivity contribution is -0.121. The lowest BCUT2D eigenvalue weighted by Crippen LogP contribution is -2.38. The Kier molecular flexibility index (Phi) is 4.61. The Bertz CT molecular complexity index is 717. The van der Waals surface area contributed by atoms with Crippen molar-refractivity contribution in [3.63, 3.8) is 0 Å². The van der Waals surface area contributed by atoms with Gasteiger partial charge in [0.2, 0.25) is 5.91 Å². The van der Waals surface area contributed by atoms with Crippen LogP contribution in [-0.2, 0) is 9.59 Å². The van der Waals surface area contributed by atoms with Gasteiger partial charge in [-0.15, -0.1) is 0 Å². The summed E-state index contributed by atoms with van der Waals surface area (Å²) in [5.74, 6) is -0.930. The molecule has 0 saturated heterocycles. The Hall–Kier alpha value is -3.08. The lowest BCUT2D eigenvalue weighted by atomic mass is 9.95. The molecule has 3 rings (SSSR count). The van der Waals surface area contributed by atoms with Crippen LogP contribution in [0, 0.1) is 5.92 Å². The standard InChI is InChI=1S/C19H19N3O2/c20-18(23)14-11-15(13-21-12-14)19(24)22(16-7-3-1-4-8-16)17-9-5-2-6-10-17/h1-10,13-14,21H,11-12H2,(H2,20,23). The molecular weight excluding hydrogens is 302 g/mol. The highest BCUT2D eigenvalue weighted by Crippen LogP contribution is 2.29. The number of nitrogens with one attached hydrogen (secondary N) is 1. The van der Waals surface area contributed by atoms with E-state index in [0.29, 0.717) is 18.5 Å². The van der Waals surface area contributed by atoms with E-state index in [4.69, 9.17) is 5.73 Å². The summed E-state index contributed by atoms with van der Waals surface area (Å²) in [6, 6.07) is 18.9. The van der Waals surface area contributed by atoms with Crippen molar-refractivity contribution < 1.29 is 9.59 Å². The van der Waals surface area contributed by atoms with Crippen LogP contribution in [0.4, 0.5) is 11.4 Å². The first-order valence-electron chi connectivity index (χ1n) is 7.83. The van der Waals surface area contributed by atoms with Crippen LogP contribution >= 0.6 is 0 Å². The van der Waals surface area contributed by atoms with E-state index < -0.39 is 5.91 Å². The van der Waals surface area contributed by atoms with Gasteiger partial charge < -0.3 is 11.1 Å². The molecular formula is C19H19N3O2. The molecule has 1 unspecified atom stereocenters. The van der Waals surface area contributed by atoms with Crippen LogP contribution in [0.3, 0.4) is 0 Å². The van der Waals surface area contributed by atoms with E-state index in [9.17, 15) is 9.59 Å². The molecule has 1 aliphatic rings. The topological polar surface area (TPSA) is 75.4 Å². The number of nitrogens with two attached hydrogens (primary N) is 1. The maximum absolute atomic E-state index is 13.1. The number of rotatable bonds is 4. The maximum atomic E-state index is 13.1. The van der Waals surface area contributed by atoms with E-state index in [1.807, 2.05) is 60.7 Å². The average molecular weight is 321 g/mol. The molecule has 1 aliphatic heterocycles. The summed E-state index contributed by atoms with van der Waals surface area (Å²) in [6.45, 7) is 0.461. The van der Waals surface area contributed by atoms with Gasteiger partial charge in [0.15, 0.2) is 0 Å². The zero-order chi connectivity index (χ0) is 16.9. The number of anilines is 2. The fourth-order valence-corrected chi connectivity index (χ4v) is 2.75. The van der Waals surface area contributed by atoms with Crippen molar-refractivity contribution in [1.29, 1.82) is 0 Å². The number of carbonyl (C=O) groups is 2. The van der Waals surface area contributed by atoms with E-state index in [0.717, 1.165) is 11.4 Å². The maximum Gasteiger partial charge on any atom is 0.260 e. The smallest absolute Gasteiger partial charge is 0.260 e. The molecule has 122 valence electrons. The van der Waals surface area contributed by atoms with Crippen molar-refractivity contribution in [2.75, 3.05) is 11.4 Å². The van der Waals surface area contributed by atoms with E-state index in [2.05, 4.69) is 5.32 Å². The highest BCUT2D eigenvalue weighted by atomic mass is 16.2. The van der Waals surface area contributed by atoms with Crippen LogP contribution in [0.1, 0.15) is 6.42 Å². The number of carbonyl (C=O) groups excluding carboxylic acids is 2. The molecule has 1 atom stereocenters. The van der Waals surface area contributed by atoms with Gasteiger partial charge in [0, 0.05) is 29.7 Å². The molecule has 0 saturated carbocycles. The van der Waals surface area contributed by atoms with Crippen LogP contribution in [0.2, 0.25) is 0 Å². The normalized spacial score (nSPS) is 16.7. The van der Waals surface area contributed by atoms with Crippen molar-refractivity contribution in [3.8, 4) is 0 Å². The lowest BCUT2D eigenvalue weighted by Gasteiger charge is -2.27. The summed E-state index contributed by atoms with van der Waals surface area (Å²) in [5.41, 5.74) is 7.48. The molecule has 1 heterocycles. The molecule has 0 fully saturated rings. The Morgan fingerprint density at radius 2 is 1.50 bits per heavy atom. The minimum atomic E-state index is -0.396. The third-order valence-electron chi connectivity index (χ3n) is 4.02. The van der Waals surface area contributed by atoms with Gasteiger partial charge in [-0.2, -0.15) is 0 Å². The van der Waals surface area contributed by atoms with Crippen LogP contribution in [0.5, 0.6) is 0 Å². The second-order valence-corrected chi connectivity index (χ2v) is 5.69. The molecule has 0 radical (unpaired) electrons. The number of nitrogens with zero attached hydrogens (tertiary/aromatic N) is 1. The summed E-state index contributed by atoms with van der Waals surface area (Å²) < 4.78 is 0. The Labute approximate surface area is 140 Å². The van der Waals surface area contributed by atoms with Gasteiger partial charge in [-0.1, -0.05) is 36.4 Å². The average Bonchev–Trinajstić information content (AvgIpc) is 2.64. The number of amides is 2. The molecule has 5 nitrogen and oxygen atoms in total. The first-order valence-corrected chi connectivity index (χ1v) is 7.83. The van der Waals surface area contributed by atoms with E-state index in [1.54, 1.807) is 11.1 Å². The quantitative estimate of drug-likeness (QED) is 0.907. The predicted octanol–water partition coefficient (Wildman–Crippen LogP) is 2.33. The second-order valence-electron chi connectivity index (χ2n) is 5.69. The summed E-state index contributed by atoms with van der Waals surface area (Å²) in [5, 5.41) is 2.99. The van der Waals surface area contributed by atoms with Gasteiger partial charge in [-0.25, -0.2) is 0 Å². The number of para-hydroxylation sites is 2. The van der Waals surface area contributed by atoms with Crippen LogP contribution < -0.4 is 16.0 Å². The Morgan fingerprint density at radius 3 is 2.00 bits per heavy atom. The Balaban J connectivity index is 1.96. The molecule has 0 aliphatic carbocycles. The molecule has 2 aromatic carbocycles. The third-order valence-corrected chi connectivity index (χ3v) is 4.02. The zero-order valence-corrected chi connectivity index (χ0v) is 13.2. The SMILES string of the molecule is NC(=O)C1CNC=C(C(=O)N(c2ccccc2)c2ccccc2)C1. The summed E-state index contributed by atoms with van der Waals surface area (Å²) in [6.07, 6.45) is 2.03. The number of benzene rings is 2. The minimum Gasteiger partial charge on any atom is -0.390 e. The summed E-state index contributed by atoms with van der Waals surface area (Å²) in [4.78, 5) is 26.2. The molecule has 2 aromatic rings. The molecule has 0 spiro atoms. The first kappa shape index (κ1) is 15.8. The highest BCUT2D eigenvalue weighted by Gasteiger charge is 2.28. The van der Waals surface area contributed by atoms with Gasteiger partial charge >= 0.3 is 0 Å². The fourth-order valence-electron chi connectivity index (χ4n) is 2.75. The van der Waals surface area contributed by atoms with Gasteiger partial charge in [0.25, 0.3) is 5.91 Å². The molecule has 5 heteroatoms. The van der Waals surface area contributed by atoms with Crippen LogP contribution in [-0.4, -0.2) is 18.4 Å². The van der Waals surface area contributed by atoms with E-state index in [-0.39, 0.29) is 11.8 Å². The highest BCUT2D eigenvalue weighted by molar-refractivity contribution is 6.10. The Morgan fingerprint density at radius 1 is 0.958 bits per heavy atom. The minimum absolute atomic E-state index is 0.161. The fraction of sp³-hybridized carbons (Fsp3) is 0.158. The van der Waals surface area contributed by atoms with Crippen LogP contribution in [0.25, 0.3) is 0 Å². The van der Waals surface area contributed by atoms with Crippen molar-refractivity contribution in [2.45, 2.75) is 6.42 Å². The van der Waals surface area contributed by atoms with Gasteiger partial charge in [-0.3, -0.25) is 14.5 Å². The third kappa shape index (κ3) is 3.30. The molecule has 24 heavy (non-hydrogen) atoms. The van der Waals surface area contributed by atoms with Crippen LogP contribution in [0.15, 0.2) is 72.4 Å². The number of primary amides is 1. The first-order chi connectivity index (χ1) is 11.7. The van der Waals surface area contributed by atoms with E-state index in [1.165, 1.54) is 0 Å². The molecule has 0 aromatic heterocycles. The van der Waals surface area contributed by atoms with Crippen molar-refractivity contribution in [1.82, 2.24) is 5.32 Å². The molecule has 3 N–H and O–H groups in total. The monoisotopic (exact) mass is 321 g/mol. The van der Waals surface area contributed by atoms with E-state index >= 15 is 0 Å². The largest absolute Gasteiger partial charge is 0.390 e. The summed E-state index contributed by atoms with van der Waals surface area (Å²) in [7, 11) is 0. The summed E-state index contributed by atoms with van der Waals surface area (Å²) >= 11 is 0. The van der Waals surface area contributed by atoms with Crippen molar-refractivity contribution in [2.24, 2.45) is 11.7 Å². The van der Waals surface area contributed by atoms with Gasteiger partial charge in [0.1, 0.15) is 0 Å². The van der Waals surface area contributed by atoms with Gasteiger partial charge in [0.05, 0.1) is 5.92 Å². The van der Waals surface area contributed by atoms with Crippen molar-refractivity contribution in [3.05, 3.63) is 72.4 Å². The predicted molar refractivity (Wildman–Crippen MR) is 93.4 cm³/mol. The number of hydrogen-bond donors (Lipinski definition) is 2. The zero-order valence-electron chi connectivity index (χ0n) is 13.2. The molecule has 0 bridgehead atoms.